The number of halogens is 1. The number of carbonyl (C=O) groups excluding carboxylic acids is 1. The third-order valence-electron chi connectivity index (χ3n) is 3.34. The van der Waals surface area contributed by atoms with Gasteiger partial charge in [-0.1, -0.05) is 6.07 Å². The van der Waals surface area contributed by atoms with E-state index in [0.717, 1.165) is 5.56 Å². The lowest BCUT2D eigenvalue weighted by atomic mass is 10.1. The average molecular weight is 317 g/mol. The molecule has 0 aliphatic carbocycles. The highest BCUT2D eigenvalue weighted by Gasteiger charge is 2.27. The van der Waals surface area contributed by atoms with Crippen molar-refractivity contribution in [2.75, 3.05) is 20.8 Å². The van der Waals surface area contributed by atoms with Gasteiger partial charge < -0.3 is 25.2 Å². The summed E-state index contributed by atoms with van der Waals surface area (Å²) in [5, 5.41) is 15.2. The van der Waals surface area contributed by atoms with Crippen LogP contribution in [0.1, 0.15) is 12.0 Å². The first-order valence-corrected chi connectivity index (χ1v) is 6.54. The Bertz CT molecular complexity index is 484. The van der Waals surface area contributed by atoms with Crippen LogP contribution in [-0.2, 0) is 11.3 Å². The minimum absolute atomic E-state index is 0. The third kappa shape index (κ3) is 4.49. The summed E-state index contributed by atoms with van der Waals surface area (Å²) in [6, 6.07) is 5.19. The number of methoxy groups -OCH3 is 2. The first kappa shape index (κ1) is 17.6. The van der Waals surface area contributed by atoms with Crippen molar-refractivity contribution in [2.24, 2.45) is 0 Å². The van der Waals surface area contributed by atoms with Crippen molar-refractivity contribution in [3.63, 3.8) is 0 Å². The standard InChI is InChI=1S/C14H20N2O4.ClH/c1-19-12-4-3-9(5-13(12)20-2)7-16-14(18)11-6-10(17)8-15-11;/h3-5,10-11,15,17H,6-8H2,1-2H3,(H,16,18);1H. The number of β-amino-alcohol motifs (C(OH)–C–C–N with tert-alkyl or cyclic N) is 1. The van der Waals surface area contributed by atoms with Gasteiger partial charge in [0.05, 0.1) is 26.4 Å². The van der Waals surface area contributed by atoms with Crippen LogP contribution in [0.2, 0.25) is 0 Å². The van der Waals surface area contributed by atoms with Gasteiger partial charge in [-0.2, -0.15) is 0 Å². The Kier molecular flexibility index (Phi) is 6.74. The Morgan fingerprint density at radius 3 is 2.67 bits per heavy atom. The number of carbonyl (C=O) groups is 1. The van der Waals surface area contributed by atoms with E-state index in [2.05, 4.69) is 10.6 Å². The van der Waals surface area contributed by atoms with Crippen molar-refractivity contribution in [1.29, 1.82) is 0 Å². The lowest BCUT2D eigenvalue weighted by Gasteiger charge is -2.13. The molecule has 118 valence electrons. The first-order valence-electron chi connectivity index (χ1n) is 6.54. The largest absolute Gasteiger partial charge is 0.493 e. The molecule has 0 spiro atoms. The number of rotatable bonds is 5. The zero-order valence-corrected chi connectivity index (χ0v) is 12.9. The van der Waals surface area contributed by atoms with Crippen LogP contribution in [0.15, 0.2) is 18.2 Å². The van der Waals surface area contributed by atoms with Crippen molar-refractivity contribution in [1.82, 2.24) is 10.6 Å². The highest BCUT2D eigenvalue weighted by molar-refractivity contribution is 5.85. The number of amides is 1. The van der Waals surface area contributed by atoms with Crippen molar-refractivity contribution < 1.29 is 19.4 Å². The summed E-state index contributed by atoms with van der Waals surface area (Å²) in [5.41, 5.74) is 0.926. The molecule has 2 rings (SSSR count). The molecule has 1 aliphatic heterocycles. The number of hydrogen-bond acceptors (Lipinski definition) is 5. The number of aliphatic hydroxyl groups is 1. The van der Waals surface area contributed by atoms with E-state index in [1.807, 2.05) is 12.1 Å². The van der Waals surface area contributed by atoms with Crippen LogP contribution in [0.5, 0.6) is 11.5 Å². The Balaban J connectivity index is 0.00000220. The molecular weight excluding hydrogens is 296 g/mol. The molecule has 1 amide bonds. The smallest absolute Gasteiger partial charge is 0.237 e. The van der Waals surface area contributed by atoms with Gasteiger partial charge in [0.25, 0.3) is 0 Å². The summed E-state index contributed by atoms with van der Waals surface area (Å²) in [6.07, 6.45) is 0.0180. The fourth-order valence-electron chi connectivity index (χ4n) is 2.22. The molecular formula is C14H21ClN2O4. The van der Waals surface area contributed by atoms with Gasteiger partial charge in [0, 0.05) is 13.1 Å². The summed E-state index contributed by atoms with van der Waals surface area (Å²) < 4.78 is 10.4. The molecule has 1 saturated heterocycles. The second-order valence-electron chi connectivity index (χ2n) is 4.76. The lowest BCUT2D eigenvalue weighted by Crippen LogP contribution is -2.39. The Labute approximate surface area is 130 Å². The van der Waals surface area contributed by atoms with Gasteiger partial charge in [-0.3, -0.25) is 4.79 Å². The van der Waals surface area contributed by atoms with Crippen LogP contribution in [0, 0.1) is 0 Å². The lowest BCUT2D eigenvalue weighted by molar-refractivity contribution is -0.123. The SMILES string of the molecule is COc1ccc(CNC(=O)C2CC(O)CN2)cc1OC.Cl. The molecule has 1 aliphatic rings. The van der Waals surface area contributed by atoms with Crippen LogP contribution >= 0.6 is 12.4 Å². The van der Waals surface area contributed by atoms with E-state index < -0.39 is 6.10 Å². The van der Waals surface area contributed by atoms with Gasteiger partial charge in [0.2, 0.25) is 5.91 Å². The van der Waals surface area contributed by atoms with E-state index in [9.17, 15) is 9.90 Å². The second-order valence-corrected chi connectivity index (χ2v) is 4.76. The molecule has 1 aromatic rings. The number of ether oxygens (including phenoxy) is 2. The Hall–Kier alpha value is -1.50. The van der Waals surface area contributed by atoms with E-state index in [4.69, 9.17) is 9.47 Å². The quantitative estimate of drug-likeness (QED) is 0.735. The van der Waals surface area contributed by atoms with Crippen LogP contribution in [0.3, 0.4) is 0 Å². The molecule has 1 fully saturated rings. The van der Waals surface area contributed by atoms with Crippen LogP contribution in [-0.4, -0.2) is 43.9 Å². The minimum Gasteiger partial charge on any atom is -0.493 e. The molecule has 7 heteroatoms. The summed E-state index contributed by atoms with van der Waals surface area (Å²) in [5.74, 6) is 1.19. The molecule has 1 heterocycles. The molecule has 3 N–H and O–H groups in total. The summed E-state index contributed by atoms with van der Waals surface area (Å²) in [4.78, 5) is 11.9. The van der Waals surface area contributed by atoms with E-state index in [-0.39, 0.29) is 24.4 Å². The minimum atomic E-state index is -0.438. The van der Waals surface area contributed by atoms with Gasteiger partial charge in [-0.05, 0) is 24.1 Å². The van der Waals surface area contributed by atoms with Crippen molar-refractivity contribution in [3.8, 4) is 11.5 Å². The Morgan fingerprint density at radius 2 is 2.10 bits per heavy atom. The van der Waals surface area contributed by atoms with Crippen LogP contribution in [0.25, 0.3) is 0 Å². The van der Waals surface area contributed by atoms with E-state index in [0.29, 0.717) is 31.0 Å². The topological polar surface area (TPSA) is 79.8 Å². The predicted octanol–water partition coefficient (Wildman–Crippen LogP) is 0.465. The molecule has 0 aromatic heterocycles. The maximum absolute atomic E-state index is 11.9. The van der Waals surface area contributed by atoms with Gasteiger partial charge in [0.15, 0.2) is 11.5 Å². The average Bonchev–Trinajstić information content (AvgIpc) is 2.91. The fraction of sp³-hybridized carbons (Fsp3) is 0.500. The number of benzene rings is 1. The van der Waals surface area contributed by atoms with Gasteiger partial charge >= 0.3 is 0 Å². The second kappa shape index (κ2) is 8.07. The molecule has 0 bridgehead atoms. The zero-order chi connectivity index (χ0) is 14.5. The normalized spacial score (nSPS) is 20.5. The summed E-state index contributed by atoms with van der Waals surface area (Å²) in [6.45, 7) is 0.877. The highest BCUT2D eigenvalue weighted by atomic mass is 35.5. The summed E-state index contributed by atoms with van der Waals surface area (Å²) >= 11 is 0. The predicted molar refractivity (Wildman–Crippen MR) is 81.1 cm³/mol. The van der Waals surface area contributed by atoms with Crippen LogP contribution < -0.4 is 20.1 Å². The third-order valence-corrected chi connectivity index (χ3v) is 3.34. The van der Waals surface area contributed by atoms with Gasteiger partial charge in [0.1, 0.15) is 0 Å². The molecule has 21 heavy (non-hydrogen) atoms. The van der Waals surface area contributed by atoms with E-state index in [1.54, 1.807) is 20.3 Å². The molecule has 2 atom stereocenters. The molecule has 1 aromatic carbocycles. The van der Waals surface area contributed by atoms with E-state index in [1.165, 1.54) is 0 Å². The van der Waals surface area contributed by atoms with E-state index >= 15 is 0 Å². The molecule has 6 nitrogen and oxygen atoms in total. The maximum atomic E-state index is 11.9. The monoisotopic (exact) mass is 316 g/mol. The molecule has 0 radical (unpaired) electrons. The zero-order valence-electron chi connectivity index (χ0n) is 12.1. The van der Waals surface area contributed by atoms with Gasteiger partial charge in [-0.15, -0.1) is 12.4 Å². The fourth-order valence-corrected chi connectivity index (χ4v) is 2.22. The van der Waals surface area contributed by atoms with Crippen molar-refractivity contribution >= 4 is 18.3 Å². The molecule has 0 saturated carbocycles. The number of hydrogen-bond donors (Lipinski definition) is 3. The number of nitrogens with one attached hydrogen (secondary N) is 2. The van der Waals surface area contributed by atoms with Crippen molar-refractivity contribution in [3.05, 3.63) is 23.8 Å². The van der Waals surface area contributed by atoms with Crippen LogP contribution in [0.4, 0.5) is 0 Å². The van der Waals surface area contributed by atoms with Crippen molar-refractivity contribution in [2.45, 2.75) is 25.1 Å². The highest BCUT2D eigenvalue weighted by Crippen LogP contribution is 2.27. The van der Waals surface area contributed by atoms with Gasteiger partial charge in [-0.25, -0.2) is 0 Å². The Morgan fingerprint density at radius 1 is 1.38 bits per heavy atom. The maximum Gasteiger partial charge on any atom is 0.237 e. The summed E-state index contributed by atoms with van der Waals surface area (Å²) in [7, 11) is 3.15. The number of aliphatic hydroxyl groups excluding tert-OH is 1. The molecule has 2 unspecified atom stereocenters. The first-order chi connectivity index (χ1) is 9.63.